The van der Waals surface area contributed by atoms with Crippen LogP contribution in [0.25, 0.3) is 22.3 Å². The second kappa shape index (κ2) is 6.12. The van der Waals surface area contributed by atoms with Crippen LogP contribution in [0.4, 0.5) is 4.79 Å². The van der Waals surface area contributed by atoms with Crippen molar-refractivity contribution < 1.29 is 19.1 Å². The molecule has 1 N–H and O–H groups in total. The summed E-state index contributed by atoms with van der Waals surface area (Å²) in [5.41, 5.74) is 1.62. The number of hydrogen-bond donors (Lipinski definition) is 1. The Kier molecular flexibility index (Phi) is 4.12. The van der Waals surface area contributed by atoms with Gasteiger partial charge in [-0.1, -0.05) is 18.2 Å². The smallest absolute Gasteiger partial charge is 0.419 e. The van der Waals surface area contributed by atoms with Gasteiger partial charge in [-0.25, -0.2) is 9.36 Å². The molecule has 6 nitrogen and oxygen atoms in total. The predicted octanol–water partition coefficient (Wildman–Crippen LogP) is 4.24. The van der Waals surface area contributed by atoms with Crippen molar-refractivity contribution in [1.29, 1.82) is 0 Å². The Morgan fingerprint density at radius 1 is 1.20 bits per heavy atom. The van der Waals surface area contributed by atoms with E-state index in [0.29, 0.717) is 29.1 Å². The highest BCUT2D eigenvalue weighted by atomic mass is 16.6. The molecule has 0 bridgehead atoms. The van der Waals surface area contributed by atoms with Gasteiger partial charge in [0.2, 0.25) is 0 Å². The summed E-state index contributed by atoms with van der Waals surface area (Å²) >= 11 is 0. The standard InChI is InChI=1S/C19H20N2O4/c1-19(2,3)25-18(23)21-15-8-6-5-7-12(15)9-16(21)13-10-17(24-4)14(11-22)20-13/h5-11,20H,1-4H3. The number of hydrogen-bond acceptors (Lipinski definition) is 4. The van der Waals surface area contributed by atoms with Crippen molar-refractivity contribution in [3.63, 3.8) is 0 Å². The number of ether oxygens (including phenoxy) is 2. The van der Waals surface area contributed by atoms with Crippen LogP contribution in [0, 0.1) is 0 Å². The van der Waals surface area contributed by atoms with Crippen LogP contribution >= 0.6 is 0 Å². The van der Waals surface area contributed by atoms with Gasteiger partial charge in [0.15, 0.2) is 6.29 Å². The largest absolute Gasteiger partial charge is 0.494 e. The van der Waals surface area contributed by atoms with Gasteiger partial charge in [-0.2, -0.15) is 0 Å². The number of benzene rings is 1. The molecule has 0 aliphatic heterocycles. The van der Waals surface area contributed by atoms with Crippen LogP contribution < -0.4 is 4.74 Å². The van der Waals surface area contributed by atoms with Crippen molar-refractivity contribution in [2.75, 3.05) is 7.11 Å². The summed E-state index contributed by atoms with van der Waals surface area (Å²) in [5, 5.41) is 0.893. The highest BCUT2D eigenvalue weighted by molar-refractivity contribution is 5.96. The molecule has 0 spiro atoms. The second-order valence-electron chi connectivity index (χ2n) is 6.69. The van der Waals surface area contributed by atoms with E-state index in [0.717, 1.165) is 10.9 Å². The van der Waals surface area contributed by atoms with Crippen molar-refractivity contribution in [3.8, 4) is 17.1 Å². The Labute approximate surface area is 145 Å². The maximum atomic E-state index is 12.8. The van der Waals surface area contributed by atoms with Crippen LogP contribution in [0.15, 0.2) is 36.4 Å². The Morgan fingerprint density at radius 3 is 2.52 bits per heavy atom. The molecule has 2 aromatic heterocycles. The number of fused-ring (bicyclic) bond motifs is 1. The van der Waals surface area contributed by atoms with E-state index in [-0.39, 0.29) is 0 Å². The van der Waals surface area contributed by atoms with E-state index in [9.17, 15) is 9.59 Å². The third kappa shape index (κ3) is 3.15. The molecule has 0 atom stereocenters. The quantitative estimate of drug-likeness (QED) is 0.724. The van der Waals surface area contributed by atoms with E-state index in [4.69, 9.17) is 9.47 Å². The highest BCUT2D eigenvalue weighted by Gasteiger charge is 2.24. The molecule has 0 aliphatic carbocycles. The number of nitrogens with zero attached hydrogens (tertiary/aromatic N) is 1. The third-order valence-electron chi connectivity index (χ3n) is 3.71. The number of aromatic nitrogens is 2. The van der Waals surface area contributed by atoms with E-state index >= 15 is 0 Å². The number of carbonyl (C=O) groups excluding carboxylic acids is 2. The van der Waals surface area contributed by atoms with Gasteiger partial charge in [0, 0.05) is 11.5 Å². The molecule has 3 rings (SSSR count). The molecule has 0 saturated carbocycles. The van der Waals surface area contributed by atoms with Gasteiger partial charge in [-0.15, -0.1) is 0 Å². The van der Waals surface area contributed by atoms with E-state index in [1.165, 1.54) is 11.7 Å². The zero-order chi connectivity index (χ0) is 18.2. The molecule has 0 fully saturated rings. The molecular formula is C19H20N2O4. The minimum Gasteiger partial charge on any atom is -0.494 e. The number of aromatic amines is 1. The van der Waals surface area contributed by atoms with Crippen LogP contribution in [0.2, 0.25) is 0 Å². The number of methoxy groups -OCH3 is 1. The Hall–Kier alpha value is -3.02. The first-order valence-corrected chi connectivity index (χ1v) is 7.90. The van der Waals surface area contributed by atoms with Crippen LogP contribution in [0.5, 0.6) is 5.75 Å². The van der Waals surface area contributed by atoms with Crippen molar-refractivity contribution in [2.24, 2.45) is 0 Å². The molecular weight excluding hydrogens is 320 g/mol. The fourth-order valence-corrected chi connectivity index (χ4v) is 2.70. The van der Waals surface area contributed by atoms with E-state index in [1.807, 2.05) is 51.1 Å². The molecule has 0 radical (unpaired) electrons. The predicted molar refractivity (Wildman–Crippen MR) is 95.3 cm³/mol. The Balaban J connectivity index is 2.21. The molecule has 130 valence electrons. The summed E-state index contributed by atoms with van der Waals surface area (Å²) in [6.45, 7) is 5.45. The average Bonchev–Trinajstić information content (AvgIpc) is 3.13. The first-order valence-electron chi connectivity index (χ1n) is 7.90. The SMILES string of the molecule is COc1cc(-c2cc3ccccc3n2C(=O)OC(C)(C)C)[nH]c1C=O. The third-order valence-corrected chi connectivity index (χ3v) is 3.71. The minimum absolute atomic E-state index is 0.318. The zero-order valence-electron chi connectivity index (χ0n) is 14.6. The normalized spacial score (nSPS) is 11.5. The van der Waals surface area contributed by atoms with Gasteiger partial charge in [-0.3, -0.25) is 4.79 Å². The summed E-state index contributed by atoms with van der Waals surface area (Å²) in [6, 6.07) is 11.1. The fraction of sp³-hybridized carbons (Fsp3) is 0.263. The van der Waals surface area contributed by atoms with Gasteiger partial charge < -0.3 is 14.5 Å². The van der Waals surface area contributed by atoms with E-state index in [2.05, 4.69) is 4.98 Å². The molecule has 3 aromatic rings. The van der Waals surface area contributed by atoms with Crippen LogP contribution in [0.3, 0.4) is 0 Å². The molecule has 0 unspecified atom stereocenters. The monoisotopic (exact) mass is 340 g/mol. The molecule has 0 saturated heterocycles. The number of aldehydes is 1. The second-order valence-corrected chi connectivity index (χ2v) is 6.69. The lowest BCUT2D eigenvalue weighted by atomic mass is 10.2. The van der Waals surface area contributed by atoms with Crippen LogP contribution in [0.1, 0.15) is 31.3 Å². The van der Waals surface area contributed by atoms with Gasteiger partial charge >= 0.3 is 6.09 Å². The summed E-state index contributed by atoms with van der Waals surface area (Å²) in [6.07, 6.45) is 0.202. The van der Waals surface area contributed by atoms with Gasteiger partial charge in [0.25, 0.3) is 0 Å². The molecule has 0 amide bonds. The number of H-pyrrole nitrogens is 1. The maximum Gasteiger partial charge on any atom is 0.419 e. The lowest BCUT2D eigenvalue weighted by molar-refractivity contribution is 0.0547. The lowest BCUT2D eigenvalue weighted by Crippen LogP contribution is -2.27. The van der Waals surface area contributed by atoms with Gasteiger partial charge in [0.05, 0.1) is 24.0 Å². The Morgan fingerprint density at radius 2 is 1.92 bits per heavy atom. The average molecular weight is 340 g/mol. The molecule has 25 heavy (non-hydrogen) atoms. The highest BCUT2D eigenvalue weighted by Crippen LogP contribution is 2.32. The van der Waals surface area contributed by atoms with Crippen molar-refractivity contribution in [3.05, 3.63) is 42.1 Å². The fourth-order valence-electron chi connectivity index (χ4n) is 2.70. The summed E-state index contributed by atoms with van der Waals surface area (Å²) in [7, 11) is 1.49. The molecule has 0 aliphatic rings. The van der Waals surface area contributed by atoms with Gasteiger partial charge in [-0.05, 0) is 32.9 Å². The van der Waals surface area contributed by atoms with E-state index in [1.54, 1.807) is 6.07 Å². The topological polar surface area (TPSA) is 73.3 Å². The van der Waals surface area contributed by atoms with Crippen molar-refractivity contribution in [2.45, 2.75) is 26.4 Å². The maximum absolute atomic E-state index is 12.8. The van der Waals surface area contributed by atoms with Crippen molar-refractivity contribution >= 4 is 23.3 Å². The number of nitrogens with one attached hydrogen (secondary N) is 1. The molecule has 1 aromatic carbocycles. The van der Waals surface area contributed by atoms with Crippen molar-refractivity contribution in [1.82, 2.24) is 9.55 Å². The minimum atomic E-state index is -0.624. The number of rotatable bonds is 3. The summed E-state index contributed by atoms with van der Waals surface area (Å²) < 4.78 is 12.3. The summed E-state index contributed by atoms with van der Waals surface area (Å²) in [4.78, 5) is 27.0. The molecule has 6 heteroatoms. The Bertz CT molecular complexity index is 944. The van der Waals surface area contributed by atoms with Crippen LogP contribution in [-0.4, -0.2) is 34.6 Å². The first kappa shape index (κ1) is 16.8. The zero-order valence-corrected chi connectivity index (χ0v) is 14.6. The first-order chi connectivity index (χ1) is 11.8. The summed E-state index contributed by atoms with van der Waals surface area (Å²) in [5.74, 6) is 0.422. The number of carbonyl (C=O) groups is 2. The van der Waals surface area contributed by atoms with Gasteiger partial charge in [0.1, 0.15) is 17.0 Å². The lowest BCUT2D eigenvalue weighted by Gasteiger charge is -2.20. The number of para-hydroxylation sites is 1. The molecule has 2 heterocycles. The van der Waals surface area contributed by atoms with Crippen LogP contribution in [-0.2, 0) is 4.74 Å². The van der Waals surface area contributed by atoms with E-state index < -0.39 is 11.7 Å².